The fourth-order valence-corrected chi connectivity index (χ4v) is 3.74. The van der Waals surface area contributed by atoms with Gasteiger partial charge in [-0.25, -0.2) is 0 Å². The smallest absolute Gasteiger partial charge is 0.380 e. The maximum atomic E-state index is 12.8. The molecule has 6 nitrogen and oxygen atoms in total. The van der Waals surface area contributed by atoms with Crippen molar-refractivity contribution in [2.45, 2.75) is 45.3 Å². The van der Waals surface area contributed by atoms with Gasteiger partial charge in [0.05, 0.1) is 12.6 Å². The van der Waals surface area contributed by atoms with Crippen molar-refractivity contribution in [3.8, 4) is 0 Å². The first-order valence-electron chi connectivity index (χ1n) is 10.8. The molecule has 2 heterocycles. The predicted octanol–water partition coefficient (Wildman–Crippen LogP) is 4.20. The Morgan fingerprint density at radius 3 is 2.72 bits per heavy atom. The number of aromatic amines is 1. The molecule has 9 heteroatoms. The molecule has 0 bridgehead atoms. The van der Waals surface area contributed by atoms with Gasteiger partial charge in [0.2, 0.25) is 0 Å². The third kappa shape index (κ3) is 5.70. The normalized spacial score (nSPS) is 16.0. The molecule has 0 radical (unpaired) electrons. The van der Waals surface area contributed by atoms with Gasteiger partial charge in [0.15, 0.2) is 0 Å². The molecule has 1 aliphatic heterocycles. The Kier molecular flexibility index (Phi) is 7.60. The van der Waals surface area contributed by atoms with Gasteiger partial charge in [-0.1, -0.05) is 25.5 Å². The SMILES string of the molecule is CCCCOCCN1CCC(NC(=O)c2ccc(C(F)(F)F)[nH]c2=O)c2ccc(C)cc21. The van der Waals surface area contributed by atoms with E-state index in [-0.39, 0.29) is 11.6 Å². The summed E-state index contributed by atoms with van der Waals surface area (Å²) in [5.74, 6) is -0.701. The lowest BCUT2D eigenvalue weighted by Crippen LogP contribution is -2.40. The van der Waals surface area contributed by atoms with E-state index in [4.69, 9.17) is 4.74 Å². The summed E-state index contributed by atoms with van der Waals surface area (Å²) < 4.78 is 44.0. The van der Waals surface area contributed by atoms with Gasteiger partial charge >= 0.3 is 6.18 Å². The minimum absolute atomic E-state index is 0.349. The summed E-state index contributed by atoms with van der Waals surface area (Å²) >= 11 is 0. The van der Waals surface area contributed by atoms with Gasteiger partial charge in [-0.3, -0.25) is 9.59 Å². The number of rotatable bonds is 8. The first-order valence-corrected chi connectivity index (χ1v) is 10.8. The van der Waals surface area contributed by atoms with Crippen LogP contribution in [0.15, 0.2) is 35.1 Å². The summed E-state index contributed by atoms with van der Waals surface area (Å²) in [6, 6.07) is 7.20. The highest BCUT2D eigenvalue weighted by Crippen LogP contribution is 2.34. The van der Waals surface area contributed by atoms with Crippen LogP contribution in [-0.2, 0) is 10.9 Å². The minimum Gasteiger partial charge on any atom is -0.380 e. The number of benzene rings is 1. The number of fused-ring (bicyclic) bond motifs is 1. The second-order valence-electron chi connectivity index (χ2n) is 7.94. The third-order valence-corrected chi connectivity index (χ3v) is 5.50. The van der Waals surface area contributed by atoms with Crippen LogP contribution in [0.1, 0.15) is 59.4 Å². The number of pyridine rings is 1. The number of unbranched alkanes of at least 4 members (excludes halogenated alkanes) is 1. The number of amides is 1. The van der Waals surface area contributed by atoms with Crippen molar-refractivity contribution in [2.24, 2.45) is 0 Å². The average molecular weight is 451 g/mol. The number of carbonyl (C=O) groups is 1. The molecule has 0 saturated heterocycles. The van der Waals surface area contributed by atoms with Crippen LogP contribution in [0.3, 0.4) is 0 Å². The molecule has 32 heavy (non-hydrogen) atoms. The summed E-state index contributed by atoms with van der Waals surface area (Å²) in [5, 5.41) is 2.82. The van der Waals surface area contributed by atoms with Crippen molar-refractivity contribution in [1.29, 1.82) is 0 Å². The molecule has 2 aromatic rings. The largest absolute Gasteiger partial charge is 0.431 e. The third-order valence-electron chi connectivity index (χ3n) is 5.50. The van der Waals surface area contributed by atoms with Gasteiger partial charge in [0, 0.05) is 25.4 Å². The minimum atomic E-state index is -4.68. The number of alkyl halides is 3. The van der Waals surface area contributed by atoms with Crippen LogP contribution < -0.4 is 15.8 Å². The number of anilines is 1. The summed E-state index contributed by atoms with van der Waals surface area (Å²) in [7, 11) is 0. The standard InChI is InChI=1S/C23H28F3N3O3/c1-3-4-12-32-13-11-29-10-9-18(16-6-5-15(2)14-19(16)29)27-21(30)17-7-8-20(23(24,25)26)28-22(17)31/h5-8,14,18H,3-4,9-13H2,1-2H3,(H,27,30)(H,28,31). The Morgan fingerprint density at radius 2 is 2.03 bits per heavy atom. The topological polar surface area (TPSA) is 74.4 Å². The predicted molar refractivity (Wildman–Crippen MR) is 116 cm³/mol. The first kappa shape index (κ1) is 23.8. The monoisotopic (exact) mass is 451 g/mol. The molecule has 174 valence electrons. The molecule has 1 atom stereocenters. The van der Waals surface area contributed by atoms with Crippen LogP contribution >= 0.6 is 0 Å². The van der Waals surface area contributed by atoms with E-state index in [2.05, 4.69) is 17.1 Å². The quantitative estimate of drug-likeness (QED) is 0.590. The van der Waals surface area contributed by atoms with Gasteiger partial charge in [-0.15, -0.1) is 0 Å². The van der Waals surface area contributed by atoms with Crippen LogP contribution in [0.4, 0.5) is 18.9 Å². The molecule has 1 aromatic heterocycles. The molecule has 3 rings (SSSR count). The van der Waals surface area contributed by atoms with E-state index in [9.17, 15) is 22.8 Å². The van der Waals surface area contributed by atoms with Crippen LogP contribution in [-0.4, -0.2) is 37.2 Å². The number of H-pyrrole nitrogens is 1. The summed E-state index contributed by atoms with van der Waals surface area (Å²) in [6.07, 6.45) is -1.98. The van der Waals surface area contributed by atoms with Crippen molar-refractivity contribution in [3.05, 3.63) is 63.1 Å². The van der Waals surface area contributed by atoms with Gasteiger partial charge in [-0.05, 0) is 49.1 Å². The van der Waals surface area contributed by atoms with Crippen molar-refractivity contribution in [1.82, 2.24) is 10.3 Å². The molecular weight excluding hydrogens is 423 g/mol. The maximum Gasteiger partial charge on any atom is 0.431 e. The molecule has 2 N–H and O–H groups in total. The summed E-state index contributed by atoms with van der Waals surface area (Å²) in [4.78, 5) is 28.7. The fourth-order valence-electron chi connectivity index (χ4n) is 3.74. The Hall–Kier alpha value is -2.81. The second kappa shape index (κ2) is 10.2. The molecule has 1 aliphatic rings. The van der Waals surface area contributed by atoms with Gasteiger partial charge in [-0.2, -0.15) is 13.2 Å². The number of aryl methyl sites for hydroxylation is 1. The lowest BCUT2D eigenvalue weighted by Gasteiger charge is -2.36. The Morgan fingerprint density at radius 1 is 1.25 bits per heavy atom. The molecule has 0 saturated carbocycles. The van der Waals surface area contributed by atoms with E-state index >= 15 is 0 Å². The van der Waals surface area contributed by atoms with Crippen LogP contribution in [0.2, 0.25) is 0 Å². The Bertz CT molecular complexity index is 1000. The van der Waals surface area contributed by atoms with Crippen molar-refractivity contribution >= 4 is 11.6 Å². The van der Waals surface area contributed by atoms with Crippen LogP contribution in [0.25, 0.3) is 0 Å². The highest BCUT2D eigenvalue weighted by atomic mass is 19.4. The molecule has 0 fully saturated rings. The van der Waals surface area contributed by atoms with Gasteiger partial charge in [0.1, 0.15) is 11.3 Å². The van der Waals surface area contributed by atoms with E-state index in [1.165, 1.54) is 0 Å². The van der Waals surface area contributed by atoms with E-state index in [0.29, 0.717) is 25.6 Å². The van der Waals surface area contributed by atoms with Gasteiger partial charge in [0.25, 0.3) is 11.5 Å². The molecule has 1 aromatic carbocycles. The van der Waals surface area contributed by atoms with Crippen molar-refractivity contribution < 1.29 is 22.7 Å². The Labute approximate surface area is 184 Å². The summed E-state index contributed by atoms with van der Waals surface area (Å²) in [6.45, 7) is 6.83. The fraction of sp³-hybridized carbons (Fsp3) is 0.478. The number of aromatic nitrogens is 1. The van der Waals surface area contributed by atoms with Gasteiger partial charge < -0.3 is 19.9 Å². The van der Waals surface area contributed by atoms with E-state index in [1.54, 1.807) is 4.98 Å². The highest BCUT2D eigenvalue weighted by Gasteiger charge is 2.33. The van der Waals surface area contributed by atoms with Crippen LogP contribution in [0.5, 0.6) is 0 Å². The Balaban J connectivity index is 1.74. The maximum absolute atomic E-state index is 12.8. The van der Waals surface area contributed by atoms with E-state index in [0.717, 1.165) is 48.9 Å². The molecule has 1 unspecified atom stereocenters. The zero-order chi connectivity index (χ0) is 23.3. The van der Waals surface area contributed by atoms with E-state index < -0.39 is 23.3 Å². The molecule has 0 aliphatic carbocycles. The van der Waals surface area contributed by atoms with Crippen LogP contribution in [0, 0.1) is 6.92 Å². The summed E-state index contributed by atoms with van der Waals surface area (Å²) in [5.41, 5.74) is 0.372. The first-order chi connectivity index (χ1) is 15.2. The number of halogens is 3. The number of nitrogens with zero attached hydrogens (tertiary/aromatic N) is 1. The van der Waals surface area contributed by atoms with Crippen molar-refractivity contribution in [3.63, 3.8) is 0 Å². The number of nitrogens with one attached hydrogen (secondary N) is 2. The zero-order valence-corrected chi connectivity index (χ0v) is 18.2. The number of hydrogen-bond acceptors (Lipinski definition) is 4. The average Bonchev–Trinajstić information content (AvgIpc) is 2.73. The lowest BCUT2D eigenvalue weighted by molar-refractivity contribution is -0.141. The number of carbonyl (C=O) groups excluding carboxylic acids is 1. The zero-order valence-electron chi connectivity index (χ0n) is 18.2. The molecular formula is C23H28F3N3O3. The highest BCUT2D eigenvalue weighted by molar-refractivity contribution is 5.94. The second-order valence-corrected chi connectivity index (χ2v) is 7.94. The van der Waals surface area contributed by atoms with Crippen molar-refractivity contribution in [2.75, 3.05) is 31.2 Å². The number of ether oxygens (including phenoxy) is 1. The number of hydrogen-bond donors (Lipinski definition) is 2. The molecule has 0 spiro atoms. The lowest BCUT2D eigenvalue weighted by atomic mass is 9.94. The van der Waals surface area contributed by atoms with E-state index in [1.807, 2.05) is 25.1 Å². The molecule has 1 amide bonds.